The molecule has 0 aliphatic carbocycles. The van der Waals surface area contributed by atoms with E-state index in [9.17, 15) is 0 Å². The quantitative estimate of drug-likeness (QED) is 0.666. The highest BCUT2D eigenvalue weighted by Gasteiger charge is 2.09. The van der Waals surface area contributed by atoms with Crippen LogP contribution in [0.15, 0.2) is 4.42 Å². The predicted octanol–water partition coefficient (Wildman–Crippen LogP) is 2.24. The van der Waals surface area contributed by atoms with Gasteiger partial charge in [0.25, 0.3) is 0 Å². The van der Waals surface area contributed by atoms with Gasteiger partial charge in [-0.15, -0.1) is 5.10 Å². The van der Waals surface area contributed by atoms with Crippen molar-refractivity contribution in [3.63, 3.8) is 0 Å². The Morgan fingerprint density at radius 3 is 2.70 bits per heavy atom. The van der Waals surface area contributed by atoms with Crippen molar-refractivity contribution in [3.8, 4) is 0 Å². The van der Waals surface area contributed by atoms with Gasteiger partial charge in [-0.2, -0.15) is 0 Å². The minimum absolute atomic E-state index is 0.121. The van der Waals surface area contributed by atoms with Crippen LogP contribution in [0.25, 0.3) is 0 Å². The molecule has 0 amide bonds. The van der Waals surface area contributed by atoms with E-state index in [1.54, 1.807) is 0 Å². The first-order valence-electron chi connectivity index (χ1n) is 3.23. The molecule has 1 atom stereocenters. The van der Waals surface area contributed by atoms with E-state index in [0.29, 0.717) is 11.8 Å². The zero-order valence-electron chi connectivity index (χ0n) is 5.97. The second-order valence-corrected chi connectivity index (χ2v) is 2.53. The summed E-state index contributed by atoms with van der Waals surface area (Å²) < 4.78 is 4.98. The van der Waals surface area contributed by atoms with Gasteiger partial charge < -0.3 is 4.42 Å². The number of halogens is 1. The molecule has 0 aromatic carbocycles. The van der Waals surface area contributed by atoms with Crippen LogP contribution in [-0.4, -0.2) is 10.2 Å². The molecule has 4 heteroatoms. The van der Waals surface area contributed by atoms with Crippen molar-refractivity contribution in [1.82, 2.24) is 10.2 Å². The number of hydrogen-bond donors (Lipinski definition) is 0. The molecule has 0 saturated heterocycles. The average molecular weight is 161 g/mol. The van der Waals surface area contributed by atoms with Crippen molar-refractivity contribution in [3.05, 3.63) is 11.2 Å². The van der Waals surface area contributed by atoms with Crippen molar-refractivity contribution in [1.29, 1.82) is 0 Å². The molecule has 3 nitrogen and oxygen atoms in total. The lowest BCUT2D eigenvalue weighted by Gasteiger charge is -1.98. The summed E-state index contributed by atoms with van der Waals surface area (Å²) in [7, 11) is 0. The predicted molar refractivity (Wildman–Crippen MR) is 38.0 cm³/mol. The number of aromatic nitrogens is 2. The summed E-state index contributed by atoms with van der Waals surface area (Å²) in [6.07, 6.45) is 0.985. The highest BCUT2D eigenvalue weighted by molar-refractivity contribution is 6.27. The highest BCUT2D eigenvalue weighted by Crippen LogP contribution is 2.18. The van der Waals surface area contributed by atoms with Crippen LogP contribution in [0.3, 0.4) is 0 Å². The van der Waals surface area contributed by atoms with Gasteiger partial charge in [-0.3, -0.25) is 0 Å². The van der Waals surface area contributed by atoms with Gasteiger partial charge in [-0.1, -0.05) is 18.9 Å². The summed E-state index contributed by atoms with van der Waals surface area (Å²) in [5, 5.41) is 7.39. The highest BCUT2D eigenvalue weighted by atomic mass is 35.5. The summed E-state index contributed by atoms with van der Waals surface area (Å²) >= 11 is 5.42. The van der Waals surface area contributed by atoms with Crippen molar-refractivity contribution in [2.75, 3.05) is 0 Å². The monoisotopic (exact) mass is 160 g/mol. The number of nitrogens with zero attached hydrogens (tertiary/aromatic N) is 2. The minimum atomic E-state index is 0.121. The Kier molecular flexibility index (Phi) is 2.27. The van der Waals surface area contributed by atoms with Crippen molar-refractivity contribution < 1.29 is 4.42 Å². The van der Waals surface area contributed by atoms with E-state index >= 15 is 0 Å². The normalized spacial score (nSPS) is 13.5. The molecule has 0 aliphatic rings. The van der Waals surface area contributed by atoms with Gasteiger partial charge in [0, 0.05) is 5.92 Å². The molecule has 1 rings (SSSR count). The number of rotatable bonds is 2. The first-order chi connectivity index (χ1) is 4.74. The molecule has 0 bridgehead atoms. The summed E-state index contributed by atoms with van der Waals surface area (Å²) in [5.74, 6) is 0.924. The van der Waals surface area contributed by atoms with Gasteiger partial charge in [-0.25, -0.2) is 0 Å². The third-order valence-electron chi connectivity index (χ3n) is 1.45. The second kappa shape index (κ2) is 3.01. The van der Waals surface area contributed by atoms with Gasteiger partial charge in [0.1, 0.15) is 0 Å². The molecule has 1 unspecified atom stereocenters. The summed E-state index contributed by atoms with van der Waals surface area (Å²) in [6.45, 7) is 4.08. The van der Waals surface area contributed by atoms with Gasteiger partial charge in [0.15, 0.2) is 0 Å². The smallest absolute Gasteiger partial charge is 0.312 e. The fourth-order valence-corrected chi connectivity index (χ4v) is 0.706. The maximum absolute atomic E-state index is 5.42. The van der Waals surface area contributed by atoms with Crippen molar-refractivity contribution in [2.45, 2.75) is 26.2 Å². The summed E-state index contributed by atoms with van der Waals surface area (Å²) in [5.41, 5.74) is 0. The molecular weight excluding hydrogens is 152 g/mol. The lowest BCUT2D eigenvalue weighted by Crippen LogP contribution is -1.90. The van der Waals surface area contributed by atoms with Crippen LogP contribution < -0.4 is 0 Å². The Hall–Kier alpha value is -0.570. The third-order valence-corrected chi connectivity index (χ3v) is 1.60. The molecule has 56 valence electrons. The molecule has 10 heavy (non-hydrogen) atoms. The second-order valence-electron chi connectivity index (χ2n) is 2.20. The van der Waals surface area contributed by atoms with Crippen molar-refractivity contribution in [2.24, 2.45) is 0 Å². The van der Waals surface area contributed by atoms with E-state index in [0.717, 1.165) is 6.42 Å². The maximum atomic E-state index is 5.42. The molecule has 1 aromatic heterocycles. The topological polar surface area (TPSA) is 38.9 Å². The lowest BCUT2D eigenvalue weighted by atomic mass is 10.1. The van der Waals surface area contributed by atoms with Crippen LogP contribution in [0.4, 0.5) is 0 Å². The Balaban J connectivity index is 2.74. The molecular formula is C6H9ClN2O. The lowest BCUT2D eigenvalue weighted by molar-refractivity contribution is 0.454. The molecule has 1 aromatic rings. The van der Waals surface area contributed by atoms with E-state index in [1.807, 2.05) is 6.92 Å². The van der Waals surface area contributed by atoms with E-state index in [2.05, 4.69) is 17.1 Å². The molecule has 0 N–H and O–H groups in total. The maximum Gasteiger partial charge on any atom is 0.312 e. The molecule has 0 radical (unpaired) electrons. The Morgan fingerprint density at radius 1 is 1.60 bits per heavy atom. The largest absolute Gasteiger partial charge is 0.412 e. The molecule has 0 aliphatic heterocycles. The van der Waals surface area contributed by atoms with Crippen LogP contribution >= 0.6 is 11.6 Å². The van der Waals surface area contributed by atoms with Gasteiger partial charge in [0.05, 0.1) is 0 Å². The molecule has 0 spiro atoms. The van der Waals surface area contributed by atoms with E-state index in [-0.39, 0.29) is 5.35 Å². The van der Waals surface area contributed by atoms with Crippen molar-refractivity contribution >= 4 is 11.6 Å². The Labute approximate surface area is 64.4 Å². The van der Waals surface area contributed by atoms with Crippen LogP contribution in [0.2, 0.25) is 5.35 Å². The van der Waals surface area contributed by atoms with E-state index < -0.39 is 0 Å². The van der Waals surface area contributed by atoms with Crippen LogP contribution in [0, 0.1) is 0 Å². The van der Waals surface area contributed by atoms with Gasteiger partial charge in [0.2, 0.25) is 5.89 Å². The van der Waals surface area contributed by atoms with E-state index in [4.69, 9.17) is 16.0 Å². The zero-order valence-corrected chi connectivity index (χ0v) is 6.72. The first kappa shape index (κ1) is 7.54. The van der Waals surface area contributed by atoms with E-state index in [1.165, 1.54) is 0 Å². The van der Waals surface area contributed by atoms with Gasteiger partial charge in [-0.05, 0) is 18.0 Å². The molecule has 0 saturated carbocycles. The SMILES string of the molecule is CCC(C)c1nnc(Cl)o1. The number of hydrogen-bond acceptors (Lipinski definition) is 3. The zero-order chi connectivity index (χ0) is 7.56. The average Bonchev–Trinajstić information content (AvgIpc) is 2.34. The fraction of sp³-hybridized carbons (Fsp3) is 0.667. The molecule has 1 heterocycles. The van der Waals surface area contributed by atoms with Crippen LogP contribution in [0.1, 0.15) is 32.1 Å². The van der Waals surface area contributed by atoms with Crippen LogP contribution in [-0.2, 0) is 0 Å². The van der Waals surface area contributed by atoms with Crippen LogP contribution in [0.5, 0.6) is 0 Å². The Bertz CT molecular complexity index is 211. The Morgan fingerprint density at radius 2 is 2.30 bits per heavy atom. The fourth-order valence-electron chi connectivity index (χ4n) is 0.589. The summed E-state index contributed by atoms with van der Waals surface area (Å²) in [6, 6.07) is 0. The summed E-state index contributed by atoms with van der Waals surface area (Å²) in [4.78, 5) is 0. The standard InChI is InChI=1S/C6H9ClN2O/c1-3-4(2)5-8-9-6(7)10-5/h4H,3H2,1-2H3. The first-order valence-corrected chi connectivity index (χ1v) is 3.60. The minimum Gasteiger partial charge on any atom is -0.412 e. The van der Waals surface area contributed by atoms with Gasteiger partial charge >= 0.3 is 5.35 Å². The molecule has 0 fully saturated rings. The third kappa shape index (κ3) is 1.48.